The van der Waals surface area contributed by atoms with Crippen molar-refractivity contribution in [2.45, 2.75) is 45.4 Å². The first-order valence-electron chi connectivity index (χ1n) is 10.7. The summed E-state index contributed by atoms with van der Waals surface area (Å²) >= 11 is 1.55. The molecule has 31 heavy (non-hydrogen) atoms. The summed E-state index contributed by atoms with van der Waals surface area (Å²) in [5, 5.41) is 3.08. The molecule has 0 aliphatic rings. The SMILES string of the molecule is CCOc1ccc(-c2nc(CSCC(=O)N[C@H](C)CCc3ccccc3)c(C)o2)cc1. The molecule has 0 fully saturated rings. The second-order valence-electron chi connectivity index (χ2n) is 7.46. The molecule has 6 heteroatoms. The fourth-order valence-electron chi connectivity index (χ4n) is 3.20. The van der Waals surface area contributed by atoms with Crippen molar-refractivity contribution < 1.29 is 13.9 Å². The predicted molar refractivity (Wildman–Crippen MR) is 126 cm³/mol. The van der Waals surface area contributed by atoms with Crippen LogP contribution in [0.2, 0.25) is 0 Å². The minimum Gasteiger partial charge on any atom is -0.494 e. The highest BCUT2D eigenvalue weighted by Crippen LogP contribution is 2.26. The monoisotopic (exact) mass is 438 g/mol. The van der Waals surface area contributed by atoms with Crippen LogP contribution in [0, 0.1) is 6.92 Å². The Morgan fingerprint density at radius 2 is 1.90 bits per heavy atom. The highest BCUT2D eigenvalue weighted by molar-refractivity contribution is 7.99. The number of nitrogens with zero attached hydrogens (tertiary/aromatic N) is 1. The molecule has 0 aliphatic heterocycles. The van der Waals surface area contributed by atoms with Crippen LogP contribution in [0.25, 0.3) is 11.5 Å². The molecule has 0 spiro atoms. The summed E-state index contributed by atoms with van der Waals surface area (Å²) in [5.74, 6) is 3.30. The standard InChI is InChI=1S/C25H30N2O3S/c1-4-29-22-14-12-21(13-15-22)25-27-23(19(3)30-25)16-31-17-24(28)26-18(2)10-11-20-8-6-5-7-9-20/h5-9,12-15,18H,4,10-11,16-17H2,1-3H3,(H,26,28)/t18-/m1/s1. The van der Waals surface area contributed by atoms with Crippen molar-refractivity contribution >= 4 is 17.7 Å². The maximum absolute atomic E-state index is 12.3. The van der Waals surface area contributed by atoms with Crippen LogP contribution >= 0.6 is 11.8 Å². The average Bonchev–Trinajstić information content (AvgIpc) is 3.14. The van der Waals surface area contributed by atoms with Gasteiger partial charge < -0.3 is 14.5 Å². The molecule has 1 amide bonds. The van der Waals surface area contributed by atoms with Gasteiger partial charge in [-0.15, -0.1) is 11.8 Å². The molecule has 0 bridgehead atoms. The lowest BCUT2D eigenvalue weighted by atomic mass is 10.1. The first-order valence-corrected chi connectivity index (χ1v) is 11.8. The predicted octanol–water partition coefficient (Wildman–Crippen LogP) is 5.42. The van der Waals surface area contributed by atoms with Gasteiger partial charge in [-0.1, -0.05) is 30.3 Å². The van der Waals surface area contributed by atoms with Crippen LogP contribution in [0.15, 0.2) is 59.0 Å². The van der Waals surface area contributed by atoms with Gasteiger partial charge in [-0.2, -0.15) is 0 Å². The first-order chi connectivity index (χ1) is 15.0. The Bertz CT molecular complexity index is 955. The summed E-state index contributed by atoms with van der Waals surface area (Å²) in [6.45, 7) is 6.56. The Kier molecular flexibility index (Phi) is 8.59. The number of hydrogen-bond acceptors (Lipinski definition) is 5. The Hall–Kier alpha value is -2.73. The van der Waals surface area contributed by atoms with Crippen molar-refractivity contribution in [2.24, 2.45) is 0 Å². The van der Waals surface area contributed by atoms with Gasteiger partial charge in [0.25, 0.3) is 0 Å². The Balaban J connectivity index is 1.43. The molecule has 0 unspecified atom stereocenters. The number of carbonyl (C=O) groups excluding carboxylic acids is 1. The molecular weight excluding hydrogens is 408 g/mol. The van der Waals surface area contributed by atoms with E-state index in [1.165, 1.54) is 5.56 Å². The molecule has 1 aromatic heterocycles. The molecule has 1 atom stereocenters. The van der Waals surface area contributed by atoms with E-state index in [1.54, 1.807) is 11.8 Å². The van der Waals surface area contributed by atoms with Crippen molar-refractivity contribution in [1.82, 2.24) is 10.3 Å². The fraction of sp³-hybridized carbons (Fsp3) is 0.360. The van der Waals surface area contributed by atoms with Crippen molar-refractivity contribution in [1.29, 1.82) is 0 Å². The van der Waals surface area contributed by atoms with Gasteiger partial charge in [0.15, 0.2) is 0 Å². The third-order valence-corrected chi connectivity index (χ3v) is 5.84. The molecule has 0 radical (unpaired) electrons. The van der Waals surface area contributed by atoms with Gasteiger partial charge in [-0.3, -0.25) is 4.79 Å². The molecule has 0 saturated heterocycles. The summed E-state index contributed by atoms with van der Waals surface area (Å²) in [5.41, 5.74) is 3.08. The number of hydrogen-bond donors (Lipinski definition) is 1. The third kappa shape index (κ3) is 7.17. The van der Waals surface area contributed by atoms with Gasteiger partial charge in [0.1, 0.15) is 11.5 Å². The van der Waals surface area contributed by atoms with Crippen LogP contribution in [-0.2, 0) is 17.0 Å². The fourth-order valence-corrected chi connectivity index (χ4v) is 4.03. The summed E-state index contributed by atoms with van der Waals surface area (Å²) in [4.78, 5) is 16.9. The average molecular weight is 439 g/mol. The van der Waals surface area contributed by atoms with E-state index < -0.39 is 0 Å². The lowest BCUT2D eigenvalue weighted by molar-refractivity contribution is -0.119. The van der Waals surface area contributed by atoms with E-state index in [0.717, 1.165) is 35.6 Å². The Labute approximate surface area is 188 Å². The van der Waals surface area contributed by atoms with Crippen LogP contribution < -0.4 is 10.1 Å². The van der Waals surface area contributed by atoms with Crippen molar-refractivity contribution in [2.75, 3.05) is 12.4 Å². The minimum absolute atomic E-state index is 0.0541. The molecule has 2 aromatic carbocycles. The summed E-state index contributed by atoms with van der Waals surface area (Å²) in [6, 6.07) is 18.2. The number of ether oxygens (including phenoxy) is 1. The molecule has 0 saturated carbocycles. The molecule has 3 aromatic rings. The lowest BCUT2D eigenvalue weighted by Gasteiger charge is -2.13. The van der Waals surface area contributed by atoms with E-state index in [4.69, 9.17) is 9.15 Å². The van der Waals surface area contributed by atoms with Crippen molar-refractivity contribution in [3.05, 3.63) is 71.6 Å². The molecule has 164 valence electrons. The maximum atomic E-state index is 12.3. The van der Waals surface area contributed by atoms with E-state index >= 15 is 0 Å². The number of aromatic nitrogens is 1. The van der Waals surface area contributed by atoms with Gasteiger partial charge in [-0.05, 0) is 63.4 Å². The summed E-state index contributed by atoms with van der Waals surface area (Å²) in [7, 11) is 0. The van der Waals surface area contributed by atoms with Crippen LogP contribution in [0.1, 0.15) is 37.3 Å². The molecule has 1 heterocycles. The molecule has 1 N–H and O–H groups in total. The number of rotatable bonds is 11. The topological polar surface area (TPSA) is 64.4 Å². The van der Waals surface area contributed by atoms with Gasteiger partial charge in [0.2, 0.25) is 11.8 Å². The second-order valence-corrected chi connectivity index (χ2v) is 8.45. The normalized spacial score (nSPS) is 11.8. The van der Waals surface area contributed by atoms with Crippen LogP contribution in [0.4, 0.5) is 0 Å². The Morgan fingerprint density at radius 1 is 1.16 bits per heavy atom. The van der Waals surface area contributed by atoms with Crippen molar-refractivity contribution in [3.63, 3.8) is 0 Å². The highest BCUT2D eigenvalue weighted by Gasteiger charge is 2.13. The van der Waals surface area contributed by atoms with Crippen LogP contribution in [0.3, 0.4) is 0 Å². The second kappa shape index (κ2) is 11.6. The molecule has 5 nitrogen and oxygen atoms in total. The van der Waals surface area contributed by atoms with Gasteiger partial charge in [0, 0.05) is 17.4 Å². The van der Waals surface area contributed by atoms with Crippen LogP contribution in [-0.4, -0.2) is 29.3 Å². The Morgan fingerprint density at radius 3 is 2.61 bits per heavy atom. The molecule has 3 rings (SSSR count). The summed E-state index contributed by atoms with van der Waals surface area (Å²) in [6.07, 6.45) is 1.89. The zero-order valence-corrected chi connectivity index (χ0v) is 19.2. The number of thioether (sulfide) groups is 1. The van der Waals surface area contributed by atoms with E-state index in [9.17, 15) is 4.79 Å². The number of amides is 1. The first kappa shape index (κ1) is 22.9. The maximum Gasteiger partial charge on any atom is 0.230 e. The molecule has 0 aliphatic carbocycles. The third-order valence-electron chi connectivity index (χ3n) is 4.89. The van der Waals surface area contributed by atoms with E-state index in [0.29, 0.717) is 24.0 Å². The van der Waals surface area contributed by atoms with E-state index in [1.807, 2.05) is 56.3 Å². The number of aryl methyl sites for hydroxylation is 2. The van der Waals surface area contributed by atoms with Gasteiger partial charge in [0.05, 0.1) is 18.1 Å². The zero-order chi connectivity index (χ0) is 22.1. The quantitative estimate of drug-likeness (QED) is 0.433. The van der Waals surface area contributed by atoms with E-state index in [2.05, 4.69) is 29.4 Å². The summed E-state index contributed by atoms with van der Waals surface area (Å²) < 4.78 is 11.3. The largest absolute Gasteiger partial charge is 0.494 e. The smallest absolute Gasteiger partial charge is 0.230 e. The number of nitrogens with one attached hydrogen (secondary N) is 1. The lowest BCUT2D eigenvalue weighted by Crippen LogP contribution is -2.34. The number of oxazole rings is 1. The van der Waals surface area contributed by atoms with Gasteiger partial charge in [-0.25, -0.2) is 4.98 Å². The molecular formula is C25H30N2O3S. The highest BCUT2D eigenvalue weighted by atomic mass is 32.2. The van der Waals surface area contributed by atoms with Crippen LogP contribution in [0.5, 0.6) is 5.75 Å². The zero-order valence-electron chi connectivity index (χ0n) is 18.4. The van der Waals surface area contributed by atoms with Crippen molar-refractivity contribution in [3.8, 4) is 17.2 Å². The van der Waals surface area contributed by atoms with E-state index in [-0.39, 0.29) is 11.9 Å². The van der Waals surface area contributed by atoms with Gasteiger partial charge >= 0.3 is 0 Å². The number of carbonyl (C=O) groups is 1. The number of benzene rings is 2. The minimum atomic E-state index is 0.0541.